The molecule has 0 aliphatic carbocycles. The maximum Gasteiger partial charge on any atom is 3.00 e. The van der Waals surface area contributed by atoms with E-state index in [4.69, 9.17) is 0 Å². The van der Waals surface area contributed by atoms with Crippen molar-refractivity contribution in [3.8, 4) is 33.5 Å². The smallest absolute Gasteiger partial charge is 0.358 e. The van der Waals surface area contributed by atoms with E-state index in [-0.39, 0.29) is 81.3 Å². The van der Waals surface area contributed by atoms with Crippen LogP contribution in [0.3, 0.4) is 0 Å². The summed E-state index contributed by atoms with van der Waals surface area (Å²) in [5.41, 5.74) is 7.36. The zero-order chi connectivity index (χ0) is 17.9. The van der Waals surface area contributed by atoms with Gasteiger partial charge in [-0.1, -0.05) is 17.5 Å². The first-order valence-corrected chi connectivity index (χ1v) is 8.46. The molecule has 0 fully saturated rings. The summed E-state index contributed by atoms with van der Waals surface area (Å²) in [7, 11) is 2.00. The van der Waals surface area contributed by atoms with E-state index < -0.39 is 0 Å². The SMILES string of the molecule is Cc1ccc(-c2[c-]c[c-]c(-c3[c-]cccc3)c2)[c-]c1-c1ccnc[n+]1C.[B].[CH3-].[Y+3].[Y]. The van der Waals surface area contributed by atoms with Gasteiger partial charge in [0, 0.05) is 41.1 Å². The third kappa shape index (κ3) is 6.50. The summed E-state index contributed by atoms with van der Waals surface area (Å²) >= 11 is 0. The maximum atomic E-state index is 4.16. The average molecular weight is 537 g/mol. The zero-order valence-corrected chi connectivity index (χ0v) is 23.2. The first kappa shape index (κ1) is 29.0. The Bertz CT molecular complexity index is 1070. The first-order chi connectivity index (χ1) is 12.7. The van der Waals surface area contributed by atoms with Gasteiger partial charge in [0.15, 0.2) is 0 Å². The molecule has 0 atom stereocenters. The number of rotatable bonds is 3. The van der Waals surface area contributed by atoms with Crippen LogP contribution in [0.15, 0.2) is 67.1 Å². The number of aromatic nitrogens is 2. The van der Waals surface area contributed by atoms with Gasteiger partial charge in [-0.05, 0) is 6.07 Å². The summed E-state index contributed by atoms with van der Waals surface area (Å²) in [6.07, 6.45) is 3.62. The average Bonchev–Trinajstić information content (AvgIpc) is 2.70. The molecular formula is C25H20BN2Y2-. The Morgan fingerprint density at radius 3 is 2.30 bits per heavy atom. The number of nitrogens with zero attached hydrogens (tertiary/aromatic N) is 2. The molecule has 4 rings (SSSR count). The van der Waals surface area contributed by atoms with Gasteiger partial charge in [-0.15, -0.1) is 42.0 Å². The Labute approximate surface area is 232 Å². The Balaban J connectivity index is 0.00000210. The fourth-order valence-electron chi connectivity index (χ4n) is 2.97. The minimum absolute atomic E-state index is 0. The Kier molecular flexibility index (Phi) is 13.0. The molecule has 0 spiro atoms. The molecule has 1 aromatic heterocycles. The van der Waals surface area contributed by atoms with Gasteiger partial charge in [0.25, 0.3) is 6.33 Å². The molecule has 4 aromatic rings. The van der Waals surface area contributed by atoms with Crippen molar-refractivity contribution in [2.45, 2.75) is 6.92 Å². The topological polar surface area (TPSA) is 16.8 Å². The van der Waals surface area contributed by atoms with Crippen molar-refractivity contribution in [1.29, 1.82) is 0 Å². The van der Waals surface area contributed by atoms with Crippen molar-refractivity contribution in [1.82, 2.24) is 4.98 Å². The summed E-state index contributed by atoms with van der Waals surface area (Å²) in [5, 5.41) is 0. The fourth-order valence-corrected chi connectivity index (χ4v) is 2.97. The third-order valence-electron chi connectivity index (χ3n) is 4.38. The summed E-state index contributed by atoms with van der Waals surface area (Å²) in [6.45, 7) is 2.10. The third-order valence-corrected chi connectivity index (χ3v) is 4.38. The minimum Gasteiger partial charge on any atom is -0.358 e. The predicted molar refractivity (Wildman–Crippen MR) is 114 cm³/mol. The van der Waals surface area contributed by atoms with Gasteiger partial charge < -0.3 is 31.2 Å². The molecule has 0 N–H and O–H groups in total. The fraction of sp³-hybridized carbons (Fsp3) is 0.0800. The molecule has 0 saturated carbocycles. The quantitative estimate of drug-likeness (QED) is 0.214. The Morgan fingerprint density at radius 1 is 0.900 bits per heavy atom. The van der Waals surface area contributed by atoms with Crippen molar-refractivity contribution < 1.29 is 70.0 Å². The van der Waals surface area contributed by atoms with Crippen molar-refractivity contribution in [2.75, 3.05) is 0 Å². The second-order valence-corrected chi connectivity index (χ2v) is 6.19. The van der Waals surface area contributed by atoms with E-state index in [1.165, 1.54) is 5.56 Å². The van der Waals surface area contributed by atoms with Crippen LogP contribution in [0.25, 0.3) is 33.5 Å². The molecule has 0 unspecified atom stereocenters. The van der Waals surface area contributed by atoms with Gasteiger partial charge in [0.2, 0.25) is 0 Å². The molecule has 4 radical (unpaired) electrons. The summed E-state index contributed by atoms with van der Waals surface area (Å²) in [5.74, 6) is 0. The van der Waals surface area contributed by atoms with Crippen LogP contribution in [0.1, 0.15) is 5.56 Å². The van der Waals surface area contributed by atoms with E-state index in [1.54, 1.807) is 0 Å². The summed E-state index contributed by atoms with van der Waals surface area (Å²) in [6, 6.07) is 31.4. The van der Waals surface area contributed by atoms with Crippen molar-refractivity contribution in [3.63, 3.8) is 0 Å². The molecule has 30 heavy (non-hydrogen) atoms. The van der Waals surface area contributed by atoms with Crippen LogP contribution in [-0.4, -0.2) is 13.4 Å². The van der Waals surface area contributed by atoms with Crippen molar-refractivity contribution in [3.05, 3.63) is 104 Å². The van der Waals surface area contributed by atoms with Crippen LogP contribution in [0.2, 0.25) is 0 Å². The molecule has 0 saturated heterocycles. The van der Waals surface area contributed by atoms with Gasteiger partial charge in [0.05, 0.1) is 12.7 Å². The van der Waals surface area contributed by atoms with Crippen LogP contribution in [0, 0.1) is 38.6 Å². The van der Waals surface area contributed by atoms with Gasteiger partial charge in [-0.25, -0.2) is 12.1 Å². The van der Waals surface area contributed by atoms with Gasteiger partial charge in [0.1, 0.15) is 6.20 Å². The molecule has 2 nitrogen and oxygen atoms in total. The maximum absolute atomic E-state index is 4.16. The largest absolute Gasteiger partial charge is 3.00 e. The van der Waals surface area contributed by atoms with E-state index in [2.05, 4.69) is 54.4 Å². The molecular weight excluding hydrogens is 517 g/mol. The van der Waals surface area contributed by atoms with E-state index in [0.717, 1.165) is 33.5 Å². The molecule has 0 amide bonds. The van der Waals surface area contributed by atoms with Gasteiger partial charge >= 0.3 is 32.7 Å². The second kappa shape index (κ2) is 13.4. The monoisotopic (exact) mass is 537 g/mol. The molecule has 1 heterocycles. The van der Waals surface area contributed by atoms with E-state index in [1.807, 2.05) is 60.5 Å². The number of aryl methyl sites for hydroxylation is 2. The van der Waals surface area contributed by atoms with Crippen LogP contribution in [0.5, 0.6) is 0 Å². The number of hydrogen-bond donors (Lipinski definition) is 0. The molecule has 140 valence electrons. The van der Waals surface area contributed by atoms with Crippen LogP contribution in [0.4, 0.5) is 0 Å². The van der Waals surface area contributed by atoms with Crippen LogP contribution in [-0.2, 0) is 72.5 Å². The summed E-state index contributed by atoms with van der Waals surface area (Å²) in [4.78, 5) is 4.16. The molecule has 0 aliphatic rings. The standard InChI is InChI=1S/C24H17N2.CH3.B.2Y/c1-18-11-12-22(16-23(18)24-13-14-25-17-26(24)2)21-10-6-9-20(15-21)19-7-4-3-5-8-19;;;;/h3-7,11-15,17H,1-2H3;1H3;;;/q-3;-1;;;+3. The second-order valence-electron chi connectivity index (χ2n) is 6.19. The van der Waals surface area contributed by atoms with Crippen LogP contribution >= 0.6 is 0 Å². The van der Waals surface area contributed by atoms with E-state index in [0.29, 0.717) is 0 Å². The predicted octanol–water partition coefficient (Wildman–Crippen LogP) is 4.48. The first-order valence-electron chi connectivity index (χ1n) is 8.46. The Morgan fingerprint density at radius 2 is 1.63 bits per heavy atom. The molecule has 0 bridgehead atoms. The van der Waals surface area contributed by atoms with Gasteiger partial charge in [-0.3, -0.25) is 21.8 Å². The number of benzene rings is 3. The molecule has 3 aromatic carbocycles. The normalized spacial score (nSPS) is 9.27. The minimum atomic E-state index is 0. The van der Waals surface area contributed by atoms with Crippen molar-refractivity contribution >= 4 is 8.41 Å². The molecule has 0 aliphatic heterocycles. The summed E-state index contributed by atoms with van der Waals surface area (Å²) < 4.78 is 2.01. The molecule has 5 heteroatoms. The Hall–Kier alpha value is -0.987. The van der Waals surface area contributed by atoms with Crippen LogP contribution < -0.4 is 4.57 Å². The van der Waals surface area contributed by atoms with E-state index >= 15 is 0 Å². The van der Waals surface area contributed by atoms with Gasteiger partial charge in [-0.2, -0.15) is 5.56 Å². The number of hydrogen-bond acceptors (Lipinski definition) is 1. The zero-order valence-electron chi connectivity index (χ0n) is 17.5. The van der Waals surface area contributed by atoms with E-state index in [9.17, 15) is 0 Å². The van der Waals surface area contributed by atoms with Crippen molar-refractivity contribution in [2.24, 2.45) is 7.05 Å².